The van der Waals surface area contributed by atoms with Crippen molar-refractivity contribution >= 4 is 10.0 Å². The molecule has 0 aromatic heterocycles. The van der Waals surface area contributed by atoms with Crippen molar-refractivity contribution in [3.63, 3.8) is 0 Å². The summed E-state index contributed by atoms with van der Waals surface area (Å²) < 4.78 is 27.2. The first-order valence-corrected chi connectivity index (χ1v) is 6.57. The minimum atomic E-state index is -3.68. The van der Waals surface area contributed by atoms with E-state index in [0.29, 0.717) is 18.6 Å². The molecule has 16 heavy (non-hydrogen) atoms. The number of rotatable bonds is 4. The van der Waals surface area contributed by atoms with Crippen LogP contribution in [0.2, 0.25) is 0 Å². The summed E-state index contributed by atoms with van der Waals surface area (Å²) in [7, 11) is -2.15. The van der Waals surface area contributed by atoms with Crippen molar-refractivity contribution in [2.45, 2.75) is 30.6 Å². The molecule has 0 saturated carbocycles. The lowest BCUT2D eigenvalue weighted by Gasteiger charge is -2.31. The molecule has 0 heterocycles. The highest BCUT2D eigenvalue weighted by atomic mass is 32.2. The van der Waals surface area contributed by atoms with Crippen LogP contribution in [0.1, 0.15) is 19.8 Å². The van der Waals surface area contributed by atoms with Crippen molar-refractivity contribution < 1.29 is 13.2 Å². The zero-order chi connectivity index (χ0) is 12.4. The lowest BCUT2D eigenvalue weighted by atomic mass is 9.92. The van der Waals surface area contributed by atoms with Gasteiger partial charge in [0.2, 0.25) is 10.0 Å². The lowest BCUT2D eigenvalue weighted by molar-refractivity contribution is 0.301. The number of hydrogen-bond donors (Lipinski definition) is 2. The Labute approximate surface area is 96.2 Å². The molecule has 0 spiro atoms. The standard InChI is InChI=1S/C10H18N2O3S/c1-8(11)7-10(16(12,13)14)5-3-9(15-2)4-6-10/h3-5,8H,6-7,11H2,1-2H3,(H2,12,13,14)/t8?,10-/m1/s1. The van der Waals surface area contributed by atoms with Gasteiger partial charge in [-0.3, -0.25) is 0 Å². The molecule has 0 aromatic rings. The summed E-state index contributed by atoms with van der Waals surface area (Å²) >= 11 is 0. The number of methoxy groups -OCH3 is 1. The monoisotopic (exact) mass is 246 g/mol. The van der Waals surface area contributed by atoms with Crippen LogP contribution in [0.3, 0.4) is 0 Å². The van der Waals surface area contributed by atoms with E-state index in [0.717, 1.165) is 0 Å². The number of ether oxygens (including phenoxy) is 1. The van der Waals surface area contributed by atoms with Gasteiger partial charge in [-0.05, 0) is 31.9 Å². The number of allylic oxidation sites excluding steroid dienone is 2. The van der Waals surface area contributed by atoms with Crippen LogP contribution in [-0.2, 0) is 14.8 Å². The molecule has 0 bridgehead atoms. The van der Waals surface area contributed by atoms with Gasteiger partial charge < -0.3 is 10.5 Å². The second-order valence-electron chi connectivity index (χ2n) is 4.14. The normalized spacial score (nSPS) is 27.4. The van der Waals surface area contributed by atoms with Crippen molar-refractivity contribution in [2.75, 3.05) is 7.11 Å². The van der Waals surface area contributed by atoms with E-state index in [2.05, 4.69) is 0 Å². The van der Waals surface area contributed by atoms with E-state index in [9.17, 15) is 8.42 Å². The van der Waals surface area contributed by atoms with Crippen LogP contribution >= 0.6 is 0 Å². The van der Waals surface area contributed by atoms with Crippen LogP contribution in [0.5, 0.6) is 0 Å². The van der Waals surface area contributed by atoms with E-state index in [4.69, 9.17) is 15.6 Å². The summed E-state index contributed by atoms with van der Waals surface area (Å²) in [6, 6.07) is -0.236. The van der Waals surface area contributed by atoms with Gasteiger partial charge in [0.15, 0.2) is 0 Å². The van der Waals surface area contributed by atoms with E-state index in [1.165, 1.54) is 7.11 Å². The maximum Gasteiger partial charge on any atom is 0.218 e. The molecule has 0 radical (unpaired) electrons. The maximum absolute atomic E-state index is 11.6. The molecule has 1 aliphatic carbocycles. The summed E-state index contributed by atoms with van der Waals surface area (Å²) in [6.07, 6.45) is 5.51. The SMILES string of the molecule is COC1=CC[C@](CC(C)N)(S(N)(=O)=O)C=C1. The van der Waals surface area contributed by atoms with Crippen LogP contribution < -0.4 is 10.9 Å². The van der Waals surface area contributed by atoms with E-state index >= 15 is 0 Å². The number of primary sulfonamides is 1. The predicted octanol–water partition coefficient (Wildman–Crippen LogP) is 0.241. The van der Waals surface area contributed by atoms with Gasteiger partial charge in [0, 0.05) is 6.04 Å². The van der Waals surface area contributed by atoms with Gasteiger partial charge >= 0.3 is 0 Å². The number of nitrogens with two attached hydrogens (primary N) is 2. The van der Waals surface area contributed by atoms with Crippen LogP contribution in [-0.4, -0.2) is 26.3 Å². The molecular formula is C10H18N2O3S. The highest BCUT2D eigenvalue weighted by molar-refractivity contribution is 7.90. The molecule has 0 fully saturated rings. The van der Waals surface area contributed by atoms with Crippen molar-refractivity contribution in [1.82, 2.24) is 0 Å². The Morgan fingerprint density at radius 1 is 1.62 bits per heavy atom. The van der Waals surface area contributed by atoms with Gasteiger partial charge in [-0.1, -0.05) is 6.08 Å². The van der Waals surface area contributed by atoms with Gasteiger partial charge in [0.05, 0.1) is 7.11 Å². The third-order valence-corrected chi connectivity index (χ3v) is 4.27. The highest BCUT2D eigenvalue weighted by Gasteiger charge is 2.40. The first-order chi connectivity index (χ1) is 7.31. The Morgan fingerprint density at radius 2 is 2.25 bits per heavy atom. The summed E-state index contributed by atoms with van der Waals surface area (Å²) in [6.45, 7) is 1.76. The molecule has 1 unspecified atom stereocenters. The number of sulfonamides is 1. The molecule has 2 atom stereocenters. The molecule has 0 amide bonds. The fraction of sp³-hybridized carbons (Fsp3) is 0.600. The summed E-state index contributed by atoms with van der Waals surface area (Å²) in [5, 5.41) is 5.28. The topological polar surface area (TPSA) is 95.4 Å². The molecule has 0 saturated heterocycles. The van der Waals surface area contributed by atoms with Crippen LogP contribution in [0.4, 0.5) is 0 Å². The smallest absolute Gasteiger partial charge is 0.218 e. The largest absolute Gasteiger partial charge is 0.497 e. The van der Waals surface area contributed by atoms with Gasteiger partial charge in [-0.25, -0.2) is 13.6 Å². The minimum Gasteiger partial charge on any atom is -0.497 e. The minimum absolute atomic E-state index is 0.236. The number of hydrogen-bond acceptors (Lipinski definition) is 4. The first kappa shape index (κ1) is 13.2. The first-order valence-electron chi connectivity index (χ1n) is 5.02. The molecule has 6 heteroatoms. The third-order valence-electron chi connectivity index (χ3n) is 2.67. The molecular weight excluding hydrogens is 228 g/mol. The summed E-state index contributed by atoms with van der Waals surface area (Å²) in [4.78, 5) is 0. The Balaban J connectivity index is 3.04. The van der Waals surface area contributed by atoms with Crippen LogP contribution in [0.15, 0.2) is 24.0 Å². The average molecular weight is 246 g/mol. The van der Waals surface area contributed by atoms with Gasteiger partial charge in [0.1, 0.15) is 10.5 Å². The van der Waals surface area contributed by atoms with Crippen molar-refractivity contribution in [1.29, 1.82) is 0 Å². The van der Waals surface area contributed by atoms with Crippen molar-refractivity contribution in [3.05, 3.63) is 24.0 Å². The molecule has 92 valence electrons. The highest BCUT2D eigenvalue weighted by Crippen LogP contribution is 2.31. The van der Waals surface area contributed by atoms with Crippen molar-refractivity contribution in [3.8, 4) is 0 Å². The van der Waals surface area contributed by atoms with Gasteiger partial charge in [-0.2, -0.15) is 0 Å². The van der Waals surface area contributed by atoms with E-state index in [-0.39, 0.29) is 6.04 Å². The quantitative estimate of drug-likeness (QED) is 0.742. The van der Waals surface area contributed by atoms with E-state index in [1.807, 2.05) is 0 Å². The summed E-state index contributed by atoms with van der Waals surface area (Å²) in [5.41, 5.74) is 5.67. The van der Waals surface area contributed by atoms with Gasteiger partial charge in [-0.15, -0.1) is 0 Å². The summed E-state index contributed by atoms with van der Waals surface area (Å²) in [5.74, 6) is 0.643. The maximum atomic E-state index is 11.6. The Kier molecular flexibility index (Phi) is 3.77. The Morgan fingerprint density at radius 3 is 2.56 bits per heavy atom. The second kappa shape index (κ2) is 4.57. The van der Waals surface area contributed by atoms with E-state index < -0.39 is 14.8 Å². The predicted molar refractivity (Wildman–Crippen MR) is 63.0 cm³/mol. The van der Waals surface area contributed by atoms with Crippen LogP contribution in [0, 0.1) is 0 Å². The zero-order valence-corrected chi connectivity index (χ0v) is 10.3. The molecule has 0 aliphatic heterocycles. The van der Waals surface area contributed by atoms with Crippen molar-refractivity contribution in [2.24, 2.45) is 10.9 Å². The Hall–Kier alpha value is -0.850. The van der Waals surface area contributed by atoms with Crippen LogP contribution in [0.25, 0.3) is 0 Å². The third kappa shape index (κ3) is 2.63. The molecule has 1 aliphatic rings. The Bertz CT molecular complexity index is 412. The lowest BCUT2D eigenvalue weighted by Crippen LogP contribution is -2.45. The fourth-order valence-electron chi connectivity index (χ4n) is 1.82. The second-order valence-corrected chi connectivity index (χ2v) is 6.04. The fourth-order valence-corrected chi connectivity index (χ4v) is 2.89. The molecule has 1 rings (SSSR count). The zero-order valence-electron chi connectivity index (χ0n) is 9.51. The van der Waals surface area contributed by atoms with Gasteiger partial charge in [0.25, 0.3) is 0 Å². The molecule has 0 aromatic carbocycles. The van der Waals surface area contributed by atoms with E-state index in [1.54, 1.807) is 25.2 Å². The average Bonchev–Trinajstić information content (AvgIpc) is 2.16. The molecule has 4 N–H and O–H groups in total. The molecule has 5 nitrogen and oxygen atoms in total.